The van der Waals surface area contributed by atoms with Crippen LogP contribution in [0.1, 0.15) is 17.5 Å². The van der Waals surface area contributed by atoms with Gasteiger partial charge in [0.15, 0.2) is 11.4 Å². The number of furan rings is 1. The Morgan fingerprint density at radius 2 is 1.73 bits per heavy atom. The number of anilines is 1. The Balaban J connectivity index is 1.38. The van der Waals surface area contributed by atoms with Gasteiger partial charge in [-0.2, -0.15) is 0 Å². The molecule has 37 heavy (non-hydrogen) atoms. The monoisotopic (exact) mass is 493 g/mol. The lowest BCUT2D eigenvalue weighted by atomic mass is 10.1. The second kappa shape index (κ2) is 9.81. The zero-order valence-corrected chi connectivity index (χ0v) is 20.6. The molecule has 0 radical (unpaired) electrons. The lowest BCUT2D eigenvalue weighted by Crippen LogP contribution is -2.49. The van der Waals surface area contributed by atoms with Gasteiger partial charge in [0.05, 0.1) is 18.3 Å². The van der Waals surface area contributed by atoms with E-state index in [0.29, 0.717) is 38.5 Å². The molecule has 0 bridgehead atoms. The predicted molar refractivity (Wildman–Crippen MR) is 142 cm³/mol. The first-order valence-electron chi connectivity index (χ1n) is 12.5. The Morgan fingerprint density at radius 3 is 2.43 bits per heavy atom. The number of carbonyl (C=O) groups is 1. The summed E-state index contributed by atoms with van der Waals surface area (Å²) in [7, 11) is 0. The molecule has 6 rings (SSSR count). The summed E-state index contributed by atoms with van der Waals surface area (Å²) < 4.78 is 13.0. The zero-order chi connectivity index (χ0) is 25.2. The maximum Gasteiger partial charge on any atom is 0.289 e. The Hall–Kier alpha value is -4.59. The van der Waals surface area contributed by atoms with Crippen LogP contribution in [-0.2, 0) is 0 Å². The first kappa shape index (κ1) is 22.8. The molecule has 186 valence electrons. The van der Waals surface area contributed by atoms with E-state index in [2.05, 4.69) is 27.8 Å². The fourth-order valence-electron chi connectivity index (χ4n) is 4.87. The number of nitrogens with zero attached hydrogens (tertiary/aromatic N) is 5. The molecule has 0 aliphatic carbocycles. The Bertz CT molecular complexity index is 1500. The molecule has 0 N–H and O–H groups in total. The maximum atomic E-state index is 12.8. The number of benzene rings is 2. The van der Waals surface area contributed by atoms with Gasteiger partial charge in [0.1, 0.15) is 17.9 Å². The summed E-state index contributed by atoms with van der Waals surface area (Å²) in [6.45, 7) is 5.12. The van der Waals surface area contributed by atoms with E-state index in [0.717, 1.165) is 39.4 Å². The lowest BCUT2D eigenvalue weighted by Gasteiger charge is -2.35. The number of aromatic nitrogens is 3. The van der Waals surface area contributed by atoms with Gasteiger partial charge < -0.3 is 23.5 Å². The average molecular weight is 494 g/mol. The largest absolute Gasteiger partial charge is 0.494 e. The van der Waals surface area contributed by atoms with Crippen LogP contribution in [0.25, 0.3) is 27.8 Å². The molecule has 4 heterocycles. The number of hydrogen-bond donors (Lipinski definition) is 0. The summed E-state index contributed by atoms with van der Waals surface area (Å²) in [5, 5.41) is 0.994. The van der Waals surface area contributed by atoms with Crippen molar-refractivity contribution < 1.29 is 13.9 Å². The van der Waals surface area contributed by atoms with Gasteiger partial charge >= 0.3 is 0 Å². The highest BCUT2D eigenvalue weighted by Gasteiger charge is 2.27. The zero-order valence-electron chi connectivity index (χ0n) is 20.6. The van der Waals surface area contributed by atoms with Gasteiger partial charge in [0, 0.05) is 43.6 Å². The lowest BCUT2D eigenvalue weighted by molar-refractivity contribution is 0.0714. The van der Waals surface area contributed by atoms with E-state index in [-0.39, 0.29) is 5.91 Å². The van der Waals surface area contributed by atoms with Crippen LogP contribution in [0.4, 0.5) is 5.82 Å². The van der Waals surface area contributed by atoms with Crippen LogP contribution in [0.15, 0.2) is 89.9 Å². The molecular weight excluding hydrogens is 466 g/mol. The minimum Gasteiger partial charge on any atom is -0.494 e. The second-order valence-corrected chi connectivity index (χ2v) is 8.86. The molecule has 1 fully saturated rings. The number of ether oxygens (including phenoxy) is 1. The molecule has 8 nitrogen and oxygen atoms in total. The van der Waals surface area contributed by atoms with Crippen molar-refractivity contribution in [3.8, 4) is 22.6 Å². The molecule has 1 amide bonds. The van der Waals surface area contributed by atoms with Crippen molar-refractivity contribution in [1.82, 2.24) is 19.4 Å². The SMILES string of the molecule is CCOc1ccc(-n2cc(-c3ccccc3)c3c(N4CCN(C(=O)c5ccco5)CC4)ncnc32)cc1. The van der Waals surface area contributed by atoms with E-state index < -0.39 is 0 Å². The summed E-state index contributed by atoms with van der Waals surface area (Å²) in [4.78, 5) is 26.3. The molecule has 2 aromatic carbocycles. The van der Waals surface area contributed by atoms with Gasteiger partial charge in [-0.3, -0.25) is 4.79 Å². The van der Waals surface area contributed by atoms with Crippen LogP contribution in [0.3, 0.4) is 0 Å². The van der Waals surface area contributed by atoms with Gasteiger partial charge in [0.25, 0.3) is 5.91 Å². The van der Waals surface area contributed by atoms with E-state index in [1.807, 2.05) is 54.3 Å². The fraction of sp³-hybridized carbons (Fsp3) is 0.207. The molecule has 5 aromatic rings. The Kier molecular flexibility index (Phi) is 6.06. The number of piperazine rings is 1. The van der Waals surface area contributed by atoms with Crippen LogP contribution in [0.2, 0.25) is 0 Å². The van der Waals surface area contributed by atoms with Crippen LogP contribution >= 0.6 is 0 Å². The van der Waals surface area contributed by atoms with Gasteiger partial charge in [-0.15, -0.1) is 0 Å². The highest BCUT2D eigenvalue weighted by molar-refractivity contribution is 6.02. The topological polar surface area (TPSA) is 76.6 Å². The molecule has 3 aromatic heterocycles. The van der Waals surface area contributed by atoms with Crippen LogP contribution < -0.4 is 9.64 Å². The van der Waals surface area contributed by atoms with Crippen molar-refractivity contribution in [1.29, 1.82) is 0 Å². The van der Waals surface area contributed by atoms with E-state index >= 15 is 0 Å². The van der Waals surface area contributed by atoms with Crippen molar-refractivity contribution in [2.75, 3.05) is 37.7 Å². The summed E-state index contributed by atoms with van der Waals surface area (Å²) in [6.07, 6.45) is 5.28. The highest BCUT2D eigenvalue weighted by Crippen LogP contribution is 2.37. The van der Waals surface area contributed by atoms with E-state index in [1.165, 1.54) is 6.26 Å². The molecule has 0 atom stereocenters. The summed E-state index contributed by atoms with van der Waals surface area (Å²) in [5.74, 6) is 2.00. The summed E-state index contributed by atoms with van der Waals surface area (Å²) in [5.41, 5.74) is 3.99. The van der Waals surface area contributed by atoms with E-state index in [4.69, 9.17) is 19.1 Å². The molecule has 0 unspecified atom stereocenters. The number of hydrogen-bond acceptors (Lipinski definition) is 6. The van der Waals surface area contributed by atoms with Crippen molar-refractivity contribution in [3.05, 3.63) is 91.3 Å². The summed E-state index contributed by atoms with van der Waals surface area (Å²) >= 11 is 0. The second-order valence-electron chi connectivity index (χ2n) is 8.86. The quantitative estimate of drug-likeness (QED) is 0.330. The molecule has 1 aliphatic heterocycles. The molecule has 1 aliphatic rings. The van der Waals surface area contributed by atoms with E-state index in [1.54, 1.807) is 18.5 Å². The van der Waals surface area contributed by atoms with E-state index in [9.17, 15) is 4.79 Å². The highest BCUT2D eigenvalue weighted by atomic mass is 16.5. The molecule has 8 heteroatoms. The first-order valence-corrected chi connectivity index (χ1v) is 12.5. The van der Waals surface area contributed by atoms with Crippen LogP contribution in [0.5, 0.6) is 5.75 Å². The predicted octanol–water partition coefficient (Wildman–Crippen LogP) is 5.04. The summed E-state index contributed by atoms with van der Waals surface area (Å²) in [6, 6.07) is 21.8. The maximum absolute atomic E-state index is 12.8. The minimum absolute atomic E-state index is 0.0795. The molecule has 1 saturated heterocycles. The van der Waals surface area contributed by atoms with Crippen molar-refractivity contribution >= 4 is 22.8 Å². The van der Waals surface area contributed by atoms with Gasteiger partial charge in [-0.1, -0.05) is 30.3 Å². The minimum atomic E-state index is -0.0795. The van der Waals surface area contributed by atoms with Gasteiger partial charge in [-0.25, -0.2) is 9.97 Å². The molecule has 0 spiro atoms. The number of amides is 1. The van der Waals surface area contributed by atoms with Crippen molar-refractivity contribution in [2.45, 2.75) is 6.92 Å². The number of fused-ring (bicyclic) bond motifs is 1. The third-order valence-corrected chi connectivity index (χ3v) is 6.67. The Labute approximate surface area is 214 Å². The van der Waals surface area contributed by atoms with Crippen LogP contribution in [-0.4, -0.2) is 58.1 Å². The number of rotatable bonds is 6. The van der Waals surface area contributed by atoms with Crippen LogP contribution in [0, 0.1) is 0 Å². The third kappa shape index (κ3) is 4.31. The standard InChI is InChI=1S/C29H27N5O3/c1-2-36-23-12-10-22(11-13-23)34-19-24(21-7-4-3-5-8-21)26-27(30-20-31-28(26)34)32-14-16-33(17-15-32)29(35)25-9-6-18-37-25/h3-13,18-20H,2,14-17H2,1H3. The third-order valence-electron chi connectivity index (χ3n) is 6.67. The Morgan fingerprint density at radius 1 is 0.946 bits per heavy atom. The molecule has 0 saturated carbocycles. The van der Waals surface area contributed by atoms with Crippen molar-refractivity contribution in [2.24, 2.45) is 0 Å². The smallest absolute Gasteiger partial charge is 0.289 e. The first-order chi connectivity index (χ1) is 18.2. The normalized spacial score (nSPS) is 13.8. The number of carbonyl (C=O) groups excluding carboxylic acids is 1. The van der Waals surface area contributed by atoms with Gasteiger partial charge in [-0.05, 0) is 48.9 Å². The fourth-order valence-corrected chi connectivity index (χ4v) is 4.87. The van der Waals surface area contributed by atoms with Gasteiger partial charge in [0.2, 0.25) is 0 Å². The average Bonchev–Trinajstić information content (AvgIpc) is 3.63. The molecular formula is C29H27N5O3. The van der Waals surface area contributed by atoms with Crippen molar-refractivity contribution in [3.63, 3.8) is 0 Å².